The number of aryl methyl sites for hydroxylation is 2. The van der Waals surface area contributed by atoms with Gasteiger partial charge >= 0.3 is 11.9 Å². The Balaban J connectivity index is 2.37. The molecule has 2 aromatic rings. The smallest absolute Gasteiger partial charge is 0.343 e. The molecule has 0 radical (unpaired) electrons. The highest BCUT2D eigenvalue weighted by Crippen LogP contribution is 2.21. The first-order chi connectivity index (χ1) is 11.8. The van der Waals surface area contributed by atoms with E-state index in [1.54, 1.807) is 19.1 Å². The molecular formula is C18H17NO6. The van der Waals surface area contributed by atoms with E-state index in [0.717, 1.165) is 23.3 Å². The second kappa shape index (κ2) is 7.57. The van der Waals surface area contributed by atoms with E-state index in [2.05, 4.69) is 0 Å². The van der Waals surface area contributed by atoms with E-state index in [4.69, 9.17) is 9.47 Å². The summed E-state index contributed by atoms with van der Waals surface area (Å²) in [6.07, 6.45) is 0. The zero-order valence-electron chi connectivity index (χ0n) is 14.1. The van der Waals surface area contributed by atoms with Crippen LogP contribution in [0.4, 0.5) is 5.69 Å². The van der Waals surface area contributed by atoms with Crippen molar-refractivity contribution in [2.75, 3.05) is 6.61 Å². The summed E-state index contributed by atoms with van der Waals surface area (Å²) >= 11 is 0. The molecule has 0 aliphatic carbocycles. The predicted molar refractivity (Wildman–Crippen MR) is 89.9 cm³/mol. The van der Waals surface area contributed by atoms with Crippen LogP contribution in [0.5, 0.6) is 5.75 Å². The van der Waals surface area contributed by atoms with Crippen molar-refractivity contribution in [2.45, 2.75) is 20.8 Å². The summed E-state index contributed by atoms with van der Waals surface area (Å²) in [6.45, 7) is 5.45. The Hall–Kier alpha value is -3.22. The Morgan fingerprint density at radius 3 is 2.04 bits per heavy atom. The highest BCUT2D eigenvalue weighted by molar-refractivity contribution is 5.97. The maximum atomic E-state index is 12.3. The number of esters is 2. The molecule has 0 spiro atoms. The number of non-ortho nitro benzene ring substituents is 1. The average Bonchev–Trinajstić information content (AvgIpc) is 2.53. The molecule has 25 heavy (non-hydrogen) atoms. The lowest BCUT2D eigenvalue weighted by atomic mass is 10.1. The van der Waals surface area contributed by atoms with E-state index in [0.29, 0.717) is 5.75 Å². The average molecular weight is 343 g/mol. The number of ether oxygens (including phenoxy) is 2. The molecule has 0 heterocycles. The zero-order valence-corrected chi connectivity index (χ0v) is 14.1. The van der Waals surface area contributed by atoms with Crippen molar-refractivity contribution in [3.8, 4) is 5.75 Å². The number of nitro groups is 1. The summed E-state index contributed by atoms with van der Waals surface area (Å²) in [6, 6.07) is 8.61. The summed E-state index contributed by atoms with van der Waals surface area (Å²) in [5.74, 6) is -1.21. The number of rotatable bonds is 5. The second-order valence-corrected chi connectivity index (χ2v) is 5.46. The highest BCUT2D eigenvalue weighted by Gasteiger charge is 2.20. The number of hydrogen-bond donors (Lipinski definition) is 0. The third-order valence-corrected chi connectivity index (χ3v) is 3.28. The van der Waals surface area contributed by atoms with Gasteiger partial charge in [0.05, 0.1) is 22.7 Å². The second-order valence-electron chi connectivity index (χ2n) is 5.46. The van der Waals surface area contributed by atoms with Gasteiger partial charge in [-0.05, 0) is 50.1 Å². The van der Waals surface area contributed by atoms with Crippen LogP contribution >= 0.6 is 0 Å². The maximum Gasteiger partial charge on any atom is 0.343 e. The summed E-state index contributed by atoms with van der Waals surface area (Å²) in [4.78, 5) is 34.6. The summed E-state index contributed by atoms with van der Waals surface area (Å²) in [5, 5.41) is 11.1. The fourth-order valence-electron chi connectivity index (χ4n) is 2.32. The Morgan fingerprint density at radius 1 is 0.960 bits per heavy atom. The van der Waals surface area contributed by atoms with Crippen LogP contribution in [-0.4, -0.2) is 23.5 Å². The van der Waals surface area contributed by atoms with Gasteiger partial charge in [-0.3, -0.25) is 10.1 Å². The van der Waals surface area contributed by atoms with Gasteiger partial charge in [-0.15, -0.1) is 0 Å². The monoisotopic (exact) mass is 343 g/mol. The summed E-state index contributed by atoms with van der Waals surface area (Å²) in [5.41, 5.74) is 1.25. The van der Waals surface area contributed by atoms with Crippen molar-refractivity contribution in [1.82, 2.24) is 0 Å². The van der Waals surface area contributed by atoms with Crippen LogP contribution in [0.2, 0.25) is 0 Å². The number of carbonyl (C=O) groups excluding carboxylic acids is 2. The molecule has 0 bridgehead atoms. The predicted octanol–water partition coefficient (Wildman–Crippen LogP) is 3.61. The molecule has 7 nitrogen and oxygen atoms in total. The molecule has 130 valence electrons. The minimum Gasteiger partial charge on any atom is -0.462 e. The number of hydrogen-bond acceptors (Lipinski definition) is 6. The van der Waals surface area contributed by atoms with Crippen LogP contribution < -0.4 is 4.74 Å². The van der Waals surface area contributed by atoms with Gasteiger partial charge < -0.3 is 9.47 Å². The fourth-order valence-corrected chi connectivity index (χ4v) is 2.32. The molecule has 0 aromatic heterocycles. The van der Waals surface area contributed by atoms with Crippen LogP contribution in [0.15, 0.2) is 36.4 Å². The standard InChI is InChI=1S/C18H17NO6/c1-4-24-17(20)13-8-14(10-15(9-13)19(22)23)18(21)25-16-6-11(2)5-12(3)7-16/h5-10H,4H2,1-3H3. The topological polar surface area (TPSA) is 95.7 Å². The lowest BCUT2D eigenvalue weighted by molar-refractivity contribution is -0.384. The zero-order chi connectivity index (χ0) is 18.6. The Morgan fingerprint density at radius 2 is 1.52 bits per heavy atom. The van der Waals surface area contributed by atoms with Gasteiger partial charge in [0.1, 0.15) is 5.75 Å². The number of benzene rings is 2. The van der Waals surface area contributed by atoms with Crippen LogP contribution in [0.3, 0.4) is 0 Å². The highest BCUT2D eigenvalue weighted by atomic mass is 16.6. The molecule has 0 saturated carbocycles. The first-order valence-electron chi connectivity index (χ1n) is 7.57. The Bertz CT molecular complexity index is 823. The Labute approximate surface area is 144 Å². The van der Waals surface area contributed by atoms with Crippen LogP contribution in [0.25, 0.3) is 0 Å². The van der Waals surface area contributed by atoms with Gasteiger partial charge in [0.25, 0.3) is 5.69 Å². The molecule has 2 aromatic carbocycles. The van der Waals surface area contributed by atoms with Crippen LogP contribution in [0, 0.1) is 24.0 Å². The fraction of sp³-hybridized carbons (Fsp3) is 0.222. The van der Waals surface area contributed by atoms with Gasteiger partial charge in [-0.2, -0.15) is 0 Å². The van der Waals surface area contributed by atoms with Gasteiger partial charge in [-0.25, -0.2) is 9.59 Å². The van der Waals surface area contributed by atoms with Gasteiger partial charge in [0.15, 0.2) is 0 Å². The largest absolute Gasteiger partial charge is 0.462 e. The molecule has 0 fully saturated rings. The molecule has 7 heteroatoms. The summed E-state index contributed by atoms with van der Waals surface area (Å²) in [7, 11) is 0. The van der Waals surface area contributed by atoms with Crippen molar-refractivity contribution >= 4 is 17.6 Å². The van der Waals surface area contributed by atoms with Gasteiger partial charge in [0.2, 0.25) is 0 Å². The minimum absolute atomic E-state index is 0.0802. The van der Waals surface area contributed by atoms with Crippen molar-refractivity contribution < 1.29 is 24.0 Å². The first kappa shape index (κ1) is 18.1. The quantitative estimate of drug-likeness (QED) is 0.356. The molecule has 0 aliphatic heterocycles. The molecule has 0 unspecified atom stereocenters. The Kier molecular flexibility index (Phi) is 5.49. The molecule has 0 amide bonds. The molecule has 0 saturated heterocycles. The van der Waals surface area contributed by atoms with Crippen molar-refractivity contribution in [3.63, 3.8) is 0 Å². The van der Waals surface area contributed by atoms with Crippen molar-refractivity contribution in [1.29, 1.82) is 0 Å². The van der Waals surface area contributed by atoms with Crippen LogP contribution in [0.1, 0.15) is 38.8 Å². The third-order valence-electron chi connectivity index (χ3n) is 3.28. The van der Waals surface area contributed by atoms with E-state index in [1.807, 2.05) is 19.9 Å². The molecule has 0 N–H and O–H groups in total. The van der Waals surface area contributed by atoms with Gasteiger partial charge in [-0.1, -0.05) is 6.07 Å². The van der Waals surface area contributed by atoms with E-state index in [1.165, 1.54) is 6.07 Å². The van der Waals surface area contributed by atoms with Crippen molar-refractivity contribution in [2.24, 2.45) is 0 Å². The van der Waals surface area contributed by atoms with Crippen LogP contribution in [-0.2, 0) is 4.74 Å². The number of nitrogens with zero attached hydrogens (tertiary/aromatic N) is 1. The van der Waals surface area contributed by atoms with Crippen molar-refractivity contribution in [3.05, 3.63) is 68.8 Å². The van der Waals surface area contributed by atoms with E-state index in [-0.39, 0.29) is 17.7 Å². The molecular weight excluding hydrogens is 326 g/mol. The molecule has 0 aliphatic rings. The molecule has 2 rings (SSSR count). The summed E-state index contributed by atoms with van der Waals surface area (Å²) < 4.78 is 10.1. The van der Waals surface area contributed by atoms with E-state index < -0.39 is 22.5 Å². The van der Waals surface area contributed by atoms with Gasteiger partial charge in [0, 0.05) is 12.1 Å². The third kappa shape index (κ3) is 4.63. The SMILES string of the molecule is CCOC(=O)c1cc(C(=O)Oc2cc(C)cc(C)c2)cc([N+](=O)[O-])c1. The molecule has 0 atom stereocenters. The normalized spacial score (nSPS) is 10.2. The maximum absolute atomic E-state index is 12.3. The number of nitro benzene ring substituents is 1. The van der Waals surface area contributed by atoms with E-state index >= 15 is 0 Å². The first-order valence-corrected chi connectivity index (χ1v) is 7.57. The lowest BCUT2D eigenvalue weighted by Gasteiger charge is -2.08. The van der Waals surface area contributed by atoms with E-state index in [9.17, 15) is 19.7 Å². The minimum atomic E-state index is -0.792. The number of carbonyl (C=O) groups is 2. The lowest BCUT2D eigenvalue weighted by Crippen LogP contribution is -2.12.